The van der Waals surface area contributed by atoms with Gasteiger partial charge in [-0.15, -0.1) is 0 Å². The summed E-state index contributed by atoms with van der Waals surface area (Å²) < 4.78 is 0. The van der Waals surface area contributed by atoms with Crippen LogP contribution in [0.25, 0.3) is 11.0 Å². The summed E-state index contributed by atoms with van der Waals surface area (Å²) >= 11 is 0. The molecule has 2 heterocycles. The van der Waals surface area contributed by atoms with E-state index in [1.807, 2.05) is 0 Å². The quantitative estimate of drug-likeness (QED) is 0.627. The predicted octanol–water partition coefficient (Wildman–Crippen LogP) is 0.937. The van der Waals surface area contributed by atoms with E-state index in [1.54, 1.807) is 25.3 Å². The van der Waals surface area contributed by atoms with Crippen molar-refractivity contribution in [2.24, 2.45) is 0 Å². The summed E-state index contributed by atoms with van der Waals surface area (Å²) in [5, 5.41) is 9.56. The molecule has 0 atom stereocenters. The van der Waals surface area contributed by atoms with Crippen molar-refractivity contribution in [3.63, 3.8) is 0 Å². The molecule has 4 nitrogen and oxygen atoms in total. The number of rotatable bonds is 0. The molecule has 0 unspecified atom stereocenters. The number of hydrogen-bond donors (Lipinski definition) is 2. The largest absolute Gasteiger partial charge is 0.505 e. The molecule has 2 aromatic heterocycles. The minimum absolute atomic E-state index is 0.0423. The molecule has 66 valence electrons. The Morgan fingerprint density at radius 2 is 2.31 bits per heavy atom. The maximum Gasteiger partial charge on any atom is 0.255 e. The lowest BCUT2D eigenvalue weighted by atomic mass is 10.2. The molecule has 0 aliphatic rings. The fraction of sp³-hybridized carbons (Fsp3) is 0.111. The minimum Gasteiger partial charge on any atom is -0.505 e. The van der Waals surface area contributed by atoms with Crippen molar-refractivity contribution in [3.05, 3.63) is 34.2 Å². The minimum atomic E-state index is -0.280. The first-order valence-electron chi connectivity index (χ1n) is 3.86. The zero-order valence-electron chi connectivity index (χ0n) is 7.03. The first kappa shape index (κ1) is 7.79. The average Bonchev–Trinajstić information content (AvgIpc) is 2.15. The van der Waals surface area contributed by atoms with E-state index >= 15 is 0 Å². The Morgan fingerprint density at radius 3 is 3.08 bits per heavy atom. The fourth-order valence-corrected chi connectivity index (χ4v) is 1.20. The monoisotopic (exact) mass is 176 g/mol. The van der Waals surface area contributed by atoms with Crippen molar-refractivity contribution >= 4 is 11.0 Å². The van der Waals surface area contributed by atoms with Crippen LogP contribution in [0.4, 0.5) is 0 Å². The van der Waals surface area contributed by atoms with Gasteiger partial charge in [0.05, 0.1) is 11.1 Å². The van der Waals surface area contributed by atoms with Crippen LogP contribution in [0, 0.1) is 6.92 Å². The Kier molecular flexibility index (Phi) is 1.55. The van der Waals surface area contributed by atoms with Gasteiger partial charge in [0, 0.05) is 6.20 Å². The zero-order valence-corrected chi connectivity index (χ0v) is 7.03. The molecule has 2 aromatic rings. The first-order chi connectivity index (χ1) is 6.20. The highest BCUT2D eigenvalue weighted by Crippen LogP contribution is 2.20. The van der Waals surface area contributed by atoms with E-state index in [-0.39, 0.29) is 11.3 Å². The Morgan fingerprint density at radius 1 is 1.54 bits per heavy atom. The highest BCUT2D eigenvalue weighted by Gasteiger charge is 2.07. The average molecular weight is 176 g/mol. The van der Waals surface area contributed by atoms with Gasteiger partial charge in [0.2, 0.25) is 0 Å². The number of aromatic nitrogens is 2. The van der Waals surface area contributed by atoms with Crippen LogP contribution in [0.1, 0.15) is 5.56 Å². The van der Waals surface area contributed by atoms with Gasteiger partial charge in [-0.2, -0.15) is 0 Å². The van der Waals surface area contributed by atoms with Crippen LogP contribution in [-0.2, 0) is 0 Å². The maximum absolute atomic E-state index is 11.2. The molecular weight excluding hydrogens is 168 g/mol. The lowest BCUT2D eigenvalue weighted by Gasteiger charge is -2.01. The van der Waals surface area contributed by atoms with E-state index < -0.39 is 0 Å². The number of fused-ring (bicyclic) bond motifs is 1. The summed E-state index contributed by atoms with van der Waals surface area (Å²) in [6, 6.07) is 3.40. The molecule has 0 saturated heterocycles. The van der Waals surface area contributed by atoms with Crippen LogP contribution >= 0.6 is 0 Å². The van der Waals surface area contributed by atoms with Gasteiger partial charge in [0.25, 0.3) is 5.56 Å². The van der Waals surface area contributed by atoms with Gasteiger partial charge in [-0.05, 0) is 19.1 Å². The van der Waals surface area contributed by atoms with E-state index in [0.717, 1.165) is 0 Å². The normalized spacial score (nSPS) is 10.5. The lowest BCUT2D eigenvalue weighted by molar-refractivity contribution is 0.474. The van der Waals surface area contributed by atoms with Crippen molar-refractivity contribution in [2.45, 2.75) is 6.92 Å². The molecule has 2 rings (SSSR count). The molecule has 0 fully saturated rings. The molecule has 0 saturated carbocycles. The molecule has 0 aromatic carbocycles. The summed E-state index contributed by atoms with van der Waals surface area (Å²) in [5.41, 5.74) is 0.999. The van der Waals surface area contributed by atoms with Crippen molar-refractivity contribution < 1.29 is 5.11 Å². The van der Waals surface area contributed by atoms with Crippen LogP contribution in [-0.4, -0.2) is 15.1 Å². The number of aromatic amines is 1. The van der Waals surface area contributed by atoms with Crippen LogP contribution in [0.2, 0.25) is 0 Å². The van der Waals surface area contributed by atoms with E-state index in [1.165, 1.54) is 0 Å². The Bertz CT molecular complexity index is 516. The topological polar surface area (TPSA) is 66.0 Å². The number of pyridine rings is 2. The highest BCUT2D eigenvalue weighted by atomic mass is 16.3. The van der Waals surface area contributed by atoms with Crippen molar-refractivity contribution in [2.75, 3.05) is 0 Å². The molecule has 13 heavy (non-hydrogen) atoms. The van der Waals surface area contributed by atoms with Gasteiger partial charge >= 0.3 is 0 Å². The van der Waals surface area contributed by atoms with Gasteiger partial charge in [-0.25, -0.2) is 0 Å². The second kappa shape index (κ2) is 2.58. The number of nitrogens with one attached hydrogen (secondary N) is 1. The van der Waals surface area contributed by atoms with Gasteiger partial charge in [-0.3, -0.25) is 9.78 Å². The summed E-state index contributed by atoms with van der Waals surface area (Å²) in [7, 11) is 0. The zero-order chi connectivity index (χ0) is 9.42. The third-order valence-electron chi connectivity index (χ3n) is 1.98. The van der Waals surface area contributed by atoms with Gasteiger partial charge < -0.3 is 10.1 Å². The molecule has 4 heteroatoms. The number of aromatic hydroxyl groups is 1. The first-order valence-corrected chi connectivity index (χ1v) is 3.86. The van der Waals surface area contributed by atoms with Crippen LogP contribution in [0.15, 0.2) is 23.1 Å². The SMILES string of the molecule is Cc1c(O)c2ncccc2[nH]c1=O. The van der Waals surface area contributed by atoms with Gasteiger partial charge in [0.1, 0.15) is 5.52 Å². The second-order valence-electron chi connectivity index (χ2n) is 2.83. The second-order valence-corrected chi connectivity index (χ2v) is 2.83. The summed E-state index contributed by atoms with van der Waals surface area (Å²) in [4.78, 5) is 17.8. The van der Waals surface area contributed by atoms with E-state index in [2.05, 4.69) is 9.97 Å². The number of H-pyrrole nitrogens is 1. The summed E-state index contributed by atoms with van der Waals surface area (Å²) in [6.07, 6.45) is 1.57. The molecule has 2 N–H and O–H groups in total. The van der Waals surface area contributed by atoms with Gasteiger partial charge in [-0.1, -0.05) is 0 Å². The summed E-state index contributed by atoms with van der Waals surface area (Å²) in [5.74, 6) is -0.0423. The Hall–Kier alpha value is -1.84. The maximum atomic E-state index is 11.2. The molecule has 0 spiro atoms. The van der Waals surface area contributed by atoms with Crippen molar-refractivity contribution in [1.82, 2.24) is 9.97 Å². The standard InChI is InChI=1S/C9H8N2O2/c1-5-8(12)7-6(11-9(5)13)3-2-4-10-7/h2-4H,1H3,(H2,11,12,13). The molecule has 0 aliphatic carbocycles. The molecule has 0 radical (unpaired) electrons. The fourth-order valence-electron chi connectivity index (χ4n) is 1.20. The molecule has 0 aliphatic heterocycles. The summed E-state index contributed by atoms with van der Waals surface area (Å²) in [6.45, 7) is 1.56. The molecular formula is C9H8N2O2. The number of nitrogens with zero attached hydrogens (tertiary/aromatic N) is 1. The van der Waals surface area contributed by atoms with Crippen molar-refractivity contribution in [3.8, 4) is 5.75 Å². The smallest absolute Gasteiger partial charge is 0.255 e. The number of hydrogen-bond acceptors (Lipinski definition) is 3. The van der Waals surface area contributed by atoms with Crippen molar-refractivity contribution in [1.29, 1.82) is 0 Å². The highest BCUT2D eigenvalue weighted by molar-refractivity contribution is 5.81. The van der Waals surface area contributed by atoms with Crippen LogP contribution < -0.4 is 5.56 Å². The van der Waals surface area contributed by atoms with E-state index in [9.17, 15) is 9.90 Å². The Labute approximate surface area is 73.9 Å². The third kappa shape index (κ3) is 1.07. The van der Waals surface area contributed by atoms with E-state index in [4.69, 9.17) is 0 Å². The van der Waals surface area contributed by atoms with E-state index in [0.29, 0.717) is 16.6 Å². The Balaban J connectivity index is 3.02. The van der Waals surface area contributed by atoms with Gasteiger partial charge in [0.15, 0.2) is 5.75 Å². The molecule has 0 bridgehead atoms. The molecule has 0 amide bonds. The third-order valence-corrected chi connectivity index (χ3v) is 1.98. The lowest BCUT2D eigenvalue weighted by Crippen LogP contribution is -2.09. The van der Waals surface area contributed by atoms with Crippen LogP contribution in [0.3, 0.4) is 0 Å². The predicted molar refractivity (Wildman–Crippen MR) is 48.8 cm³/mol. The van der Waals surface area contributed by atoms with Crippen LogP contribution in [0.5, 0.6) is 5.75 Å².